The van der Waals surface area contributed by atoms with E-state index in [0.717, 1.165) is 28.0 Å². The van der Waals surface area contributed by atoms with Gasteiger partial charge in [0, 0.05) is 5.56 Å². The van der Waals surface area contributed by atoms with Gasteiger partial charge in [-0.05, 0) is 55.9 Å². The Hall–Kier alpha value is -1.80. The van der Waals surface area contributed by atoms with Crippen molar-refractivity contribution in [3.63, 3.8) is 0 Å². The fourth-order valence-electron chi connectivity index (χ4n) is 3.35. The van der Waals surface area contributed by atoms with Crippen molar-refractivity contribution in [3.05, 3.63) is 63.7 Å². The highest BCUT2D eigenvalue weighted by atomic mass is 16.5. The Labute approximate surface area is 140 Å². The van der Waals surface area contributed by atoms with Crippen LogP contribution in [0.3, 0.4) is 0 Å². The molecule has 0 aliphatic heterocycles. The zero-order valence-corrected chi connectivity index (χ0v) is 15.3. The van der Waals surface area contributed by atoms with Crippen LogP contribution < -0.4 is 4.74 Å². The minimum atomic E-state index is -1.08. The molecule has 23 heavy (non-hydrogen) atoms. The normalized spacial score (nSPS) is 14.0. The Balaban J connectivity index is 2.82. The summed E-state index contributed by atoms with van der Waals surface area (Å²) in [6, 6.07) is 10.3. The Morgan fingerprint density at radius 1 is 0.957 bits per heavy atom. The topological polar surface area (TPSA) is 29.5 Å². The molecule has 2 rings (SSSR count). The first-order chi connectivity index (χ1) is 10.7. The molecule has 0 aliphatic rings. The molecule has 0 heterocycles. The van der Waals surface area contributed by atoms with E-state index in [-0.39, 0.29) is 5.92 Å². The van der Waals surface area contributed by atoms with Gasteiger partial charge in [0.25, 0.3) is 0 Å². The second kappa shape index (κ2) is 6.37. The molecular weight excluding hydrogens is 284 g/mol. The van der Waals surface area contributed by atoms with Gasteiger partial charge in [-0.1, -0.05) is 49.7 Å². The van der Waals surface area contributed by atoms with Gasteiger partial charge in [0.1, 0.15) is 11.4 Å². The third-order valence-corrected chi connectivity index (χ3v) is 4.90. The molecule has 1 atom stereocenters. The number of aliphatic hydroxyl groups is 1. The molecular formula is C21H28O2. The molecule has 0 spiro atoms. The van der Waals surface area contributed by atoms with Crippen molar-refractivity contribution in [2.75, 3.05) is 7.11 Å². The number of rotatable bonds is 4. The van der Waals surface area contributed by atoms with Gasteiger partial charge in [-0.15, -0.1) is 0 Å². The predicted octanol–water partition coefficient (Wildman–Crippen LogP) is 4.82. The number of benzene rings is 2. The van der Waals surface area contributed by atoms with Crippen LogP contribution in [0.15, 0.2) is 30.3 Å². The zero-order valence-electron chi connectivity index (χ0n) is 15.3. The maximum atomic E-state index is 11.8. The average molecular weight is 312 g/mol. The zero-order chi connectivity index (χ0) is 17.4. The van der Waals surface area contributed by atoms with Gasteiger partial charge in [0.05, 0.1) is 7.11 Å². The van der Waals surface area contributed by atoms with Crippen LogP contribution in [0.4, 0.5) is 0 Å². The van der Waals surface area contributed by atoms with Gasteiger partial charge in [-0.3, -0.25) is 0 Å². The minimum absolute atomic E-state index is 0.0138. The van der Waals surface area contributed by atoms with Crippen molar-refractivity contribution < 1.29 is 9.84 Å². The number of methoxy groups -OCH3 is 1. The van der Waals surface area contributed by atoms with Crippen LogP contribution in [0.5, 0.6) is 5.75 Å². The maximum absolute atomic E-state index is 11.8. The summed E-state index contributed by atoms with van der Waals surface area (Å²) in [6.07, 6.45) is 0. The third-order valence-electron chi connectivity index (χ3n) is 4.90. The monoisotopic (exact) mass is 312 g/mol. The van der Waals surface area contributed by atoms with Crippen LogP contribution in [-0.2, 0) is 5.60 Å². The van der Waals surface area contributed by atoms with Gasteiger partial charge in [-0.25, -0.2) is 0 Å². The summed E-state index contributed by atoms with van der Waals surface area (Å²) < 4.78 is 5.72. The van der Waals surface area contributed by atoms with Crippen LogP contribution in [0, 0.1) is 33.6 Å². The standard InChI is InChI=1S/C21H28O2/c1-13(2)21(22,18-10-8-14(3)9-11-18)19-16(5)12-15(4)17(6)20(19)23-7/h8-13,22H,1-7H3. The van der Waals surface area contributed by atoms with Crippen molar-refractivity contribution >= 4 is 0 Å². The van der Waals surface area contributed by atoms with Crippen LogP contribution in [0.1, 0.15) is 47.2 Å². The van der Waals surface area contributed by atoms with Gasteiger partial charge >= 0.3 is 0 Å². The number of aryl methyl sites for hydroxylation is 3. The molecule has 2 nitrogen and oxygen atoms in total. The van der Waals surface area contributed by atoms with E-state index in [9.17, 15) is 5.11 Å². The van der Waals surface area contributed by atoms with E-state index < -0.39 is 5.60 Å². The molecule has 0 aliphatic carbocycles. The number of hydrogen-bond donors (Lipinski definition) is 1. The van der Waals surface area contributed by atoms with Crippen LogP contribution >= 0.6 is 0 Å². The third kappa shape index (κ3) is 2.88. The molecule has 0 amide bonds. The largest absolute Gasteiger partial charge is 0.496 e. The van der Waals surface area contributed by atoms with E-state index in [4.69, 9.17) is 4.74 Å². The summed E-state index contributed by atoms with van der Waals surface area (Å²) in [7, 11) is 1.68. The average Bonchev–Trinajstić information content (AvgIpc) is 2.50. The summed E-state index contributed by atoms with van der Waals surface area (Å²) in [5, 5.41) is 11.8. The predicted molar refractivity (Wildman–Crippen MR) is 96.2 cm³/mol. The van der Waals surface area contributed by atoms with Gasteiger partial charge in [0.2, 0.25) is 0 Å². The molecule has 1 N–H and O–H groups in total. The fraction of sp³-hybridized carbons (Fsp3) is 0.429. The summed E-state index contributed by atoms with van der Waals surface area (Å²) >= 11 is 0. The van der Waals surface area contributed by atoms with Crippen LogP contribution in [-0.4, -0.2) is 12.2 Å². The van der Waals surface area contributed by atoms with E-state index in [0.29, 0.717) is 0 Å². The fourth-order valence-corrected chi connectivity index (χ4v) is 3.35. The first kappa shape index (κ1) is 17.6. The lowest BCUT2D eigenvalue weighted by molar-refractivity contribution is 0.0287. The second-order valence-electron chi connectivity index (χ2n) is 6.83. The first-order valence-electron chi connectivity index (χ1n) is 8.18. The Kier molecular flexibility index (Phi) is 4.86. The van der Waals surface area contributed by atoms with Crippen molar-refractivity contribution in [2.45, 2.75) is 47.1 Å². The Bertz CT molecular complexity index is 699. The Morgan fingerprint density at radius 2 is 1.52 bits per heavy atom. The summed E-state index contributed by atoms with van der Waals surface area (Å²) in [5.74, 6) is 0.805. The molecule has 0 radical (unpaired) electrons. The molecule has 0 saturated carbocycles. The molecule has 0 bridgehead atoms. The van der Waals surface area contributed by atoms with Gasteiger partial charge < -0.3 is 9.84 Å². The Morgan fingerprint density at radius 3 is 2.00 bits per heavy atom. The quantitative estimate of drug-likeness (QED) is 0.877. The van der Waals surface area contributed by atoms with Crippen molar-refractivity contribution in [1.82, 2.24) is 0 Å². The van der Waals surface area contributed by atoms with Gasteiger partial charge in [0.15, 0.2) is 0 Å². The molecule has 0 saturated heterocycles. The van der Waals surface area contributed by atoms with E-state index >= 15 is 0 Å². The van der Waals surface area contributed by atoms with Crippen molar-refractivity contribution in [2.24, 2.45) is 5.92 Å². The molecule has 0 fully saturated rings. The lowest BCUT2D eigenvalue weighted by atomic mass is 9.74. The molecule has 2 aromatic rings. The lowest BCUT2D eigenvalue weighted by Gasteiger charge is -2.36. The highest BCUT2D eigenvalue weighted by Crippen LogP contribution is 2.45. The highest BCUT2D eigenvalue weighted by molar-refractivity contribution is 5.55. The minimum Gasteiger partial charge on any atom is -0.496 e. The highest BCUT2D eigenvalue weighted by Gasteiger charge is 2.39. The summed E-state index contributed by atoms with van der Waals surface area (Å²) in [6.45, 7) is 12.3. The molecule has 2 aromatic carbocycles. The SMILES string of the molecule is COc1c(C)c(C)cc(C)c1C(O)(c1ccc(C)cc1)C(C)C. The van der Waals surface area contributed by atoms with Crippen molar-refractivity contribution in [1.29, 1.82) is 0 Å². The van der Waals surface area contributed by atoms with E-state index in [1.54, 1.807) is 7.11 Å². The summed E-state index contributed by atoms with van der Waals surface area (Å²) in [4.78, 5) is 0. The first-order valence-corrected chi connectivity index (χ1v) is 8.18. The van der Waals surface area contributed by atoms with E-state index in [1.807, 2.05) is 52.0 Å². The van der Waals surface area contributed by atoms with Gasteiger partial charge in [-0.2, -0.15) is 0 Å². The van der Waals surface area contributed by atoms with Crippen LogP contribution in [0.25, 0.3) is 0 Å². The molecule has 1 unspecified atom stereocenters. The maximum Gasteiger partial charge on any atom is 0.128 e. The molecule has 0 aromatic heterocycles. The van der Waals surface area contributed by atoms with E-state index in [1.165, 1.54) is 11.1 Å². The van der Waals surface area contributed by atoms with Crippen molar-refractivity contribution in [3.8, 4) is 5.75 Å². The van der Waals surface area contributed by atoms with E-state index in [2.05, 4.69) is 19.9 Å². The lowest BCUT2D eigenvalue weighted by Crippen LogP contribution is -2.35. The molecule has 2 heteroatoms. The van der Waals surface area contributed by atoms with Crippen LogP contribution in [0.2, 0.25) is 0 Å². The number of hydrogen-bond acceptors (Lipinski definition) is 2. The smallest absolute Gasteiger partial charge is 0.128 e. The molecule has 124 valence electrons. The second-order valence-corrected chi connectivity index (χ2v) is 6.83. The number of ether oxygens (including phenoxy) is 1. The summed E-state index contributed by atoms with van der Waals surface area (Å²) in [5.41, 5.74) is 5.20.